The number of thioether (sulfide) groups is 1. The predicted molar refractivity (Wildman–Crippen MR) is 82.1 cm³/mol. The molecule has 0 aliphatic heterocycles. The topological polar surface area (TPSA) is 12.0 Å². The Hall–Kier alpha value is -0.470. The molecule has 0 aromatic heterocycles. The van der Waals surface area contributed by atoms with E-state index in [1.165, 1.54) is 50.0 Å². The highest BCUT2D eigenvalue weighted by molar-refractivity contribution is 7.98. The minimum Gasteiger partial charge on any atom is -0.310 e. The predicted octanol–water partition coefficient (Wildman–Crippen LogP) is 4.26. The quantitative estimate of drug-likeness (QED) is 0.668. The maximum Gasteiger partial charge on any atom is 0.0348 e. The number of unbranched alkanes of at least 4 members (excludes halogenated alkanes) is 2. The SMILES string of the molecule is CSCCCCCNC(c1ccccc1)C1CC1. The fourth-order valence-corrected chi connectivity index (χ4v) is 2.95. The van der Waals surface area contributed by atoms with Crippen molar-refractivity contribution >= 4 is 11.8 Å². The molecule has 1 aliphatic rings. The third-order valence-corrected chi connectivity index (χ3v) is 4.34. The summed E-state index contributed by atoms with van der Waals surface area (Å²) < 4.78 is 0. The van der Waals surface area contributed by atoms with Crippen LogP contribution in [0.2, 0.25) is 0 Å². The molecule has 1 aromatic carbocycles. The molecule has 0 bridgehead atoms. The summed E-state index contributed by atoms with van der Waals surface area (Å²) >= 11 is 1.96. The number of benzene rings is 1. The summed E-state index contributed by atoms with van der Waals surface area (Å²) in [7, 11) is 0. The van der Waals surface area contributed by atoms with E-state index < -0.39 is 0 Å². The zero-order valence-corrected chi connectivity index (χ0v) is 12.2. The van der Waals surface area contributed by atoms with Crippen LogP contribution in [0.4, 0.5) is 0 Å². The second kappa shape index (κ2) is 7.85. The molecule has 0 amide bonds. The van der Waals surface area contributed by atoms with Gasteiger partial charge in [-0.25, -0.2) is 0 Å². The molecule has 0 saturated heterocycles. The second-order valence-corrected chi connectivity index (χ2v) is 6.22. The Labute approximate surface area is 116 Å². The van der Waals surface area contributed by atoms with Crippen LogP contribution >= 0.6 is 11.8 Å². The van der Waals surface area contributed by atoms with Crippen molar-refractivity contribution in [1.82, 2.24) is 5.32 Å². The highest BCUT2D eigenvalue weighted by Crippen LogP contribution is 2.40. The zero-order chi connectivity index (χ0) is 12.6. The lowest BCUT2D eigenvalue weighted by molar-refractivity contribution is 0.469. The van der Waals surface area contributed by atoms with Crippen molar-refractivity contribution in [1.29, 1.82) is 0 Å². The molecule has 1 nitrogen and oxygen atoms in total. The van der Waals surface area contributed by atoms with Gasteiger partial charge in [0.2, 0.25) is 0 Å². The molecule has 1 unspecified atom stereocenters. The van der Waals surface area contributed by atoms with Gasteiger partial charge in [-0.3, -0.25) is 0 Å². The lowest BCUT2D eigenvalue weighted by atomic mass is 10.0. The van der Waals surface area contributed by atoms with E-state index in [0.29, 0.717) is 6.04 Å². The van der Waals surface area contributed by atoms with Gasteiger partial charge in [-0.15, -0.1) is 0 Å². The van der Waals surface area contributed by atoms with Gasteiger partial charge in [0.1, 0.15) is 0 Å². The zero-order valence-electron chi connectivity index (χ0n) is 11.4. The van der Waals surface area contributed by atoms with E-state index in [1.807, 2.05) is 11.8 Å². The van der Waals surface area contributed by atoms with Gasteiger partial charge >= 0.3 is 0 Å². The minimum atomic E-state index is 0.603. The Morgan fingerprint density at radius 1 is 1.17 bits per heavy atom. The summed E-state index contributed by atoms with van der Waals surface area (Å²) in [4.78, 5) is 0. The van der Waals surface area contributed by atoms with Crippen LogP contribution in [0, 0.1) is 5.92 Å². The van der Waals surface area contributed by atoms with Crippen LogP contribution in [-0.2, 0) is 0 Å². The van der Waals surface area contributed by atoms with Crippen molar-refractivity contribution in [3.63, 3.8) is 0 Å². The van der Waals surface area contributed by atoms with E-state index >= 15 is 0 Å². The van der Waals surface area contributed by atoms with E-state index in [1.54, 1.807) is 0 Å². The minimum absolute atomic E-state index is 0.603. The molecule has 1 aromatic rings. The smallest absolute Gasteiger partial charge is 0.0348 e. The molecule has 100 valence electrons. The molecule has 1 fully saturated rings. The van der Waals surface area contributed by atoms with Gasteiger partial charge in [0.25, 0.3) is 0 Å². The van der Waals surface area contributed by atoms with E-state index in [9.17, 15) is 0 Å². The first-order valence-electron chi connectivity index (χ1n) is 7.19. The van der Waals surface area contributed by atoms with Gasteiger partial charge < -0.3 is 5.32 Å². The Morgan fingerprint density at radius 2 is 1.94 bits per heavy atom. The van der Waals surface area contributed by atoms with Crippen LogP contribution in [0.1, 0.15) is 43.7 Å². The first-order chi connectivity index (χ1) is 8.92. The molecule has 1 saturated carbocycles. The maximum atomic E-state index is 3.77. The van der Waals surface area contributed by atoms with Crippen LogP contribution < -0.4 is 5.32 Å². The number of hydrogen-bond acceptors (Lipinski definition) is 2. The summed E-state index contributed by atoms with van der Waals surface area (Å²) in [6.45, 7) is 1.17. The molecule has 0 spiro atoms. The van der Waals surface area contributed by atoms with Crippen LogP contribution in [0.25, 0.3) is 0 Å². The molecule has 2 rings (SSSR count). The molecular weight excluding hydrogens is 238 g/mol. The van der Waals surface area contributed by atoms with Gasteiger partial charge in [-0.1, -0.05) is 36.8 Å². The molecule has 0 heterocycles. The van der Waals surface area contributed by atoms with Crippen molar-refractivity contribution in [3.05, 3.63) is 35.9 Å². The number of nitrogens with one attached hydrogen (secondary N) is 1. The normalized spacial score (nSPS) is 16.7. The monoisotopic (exact) mass is 263 g/mol. The van der Waals surface area contributed by atoms with Crippen molar-refractivity contribution in [3.8, 4) is 0 Å². The standard InChI is InChI=1S/C16H25NS/c1-18-13-7-3-6-12-17-16(15-10-11-15)14-8-4-2-5-9-14/h2,4-5,8-9,15-17H,3,6-7,10-13H2,1H3. The molecular formula is C16H25NS. The lowest BCUT2D eigenvalue weighted by Crippen LogP contribution is -2.24. The van der Waals surface area contributed by atoms with E-state index in [0.717, 1.165) is 5.92 Å². The Bertz CT molecular complexity index is 321. The van der Waals surface area contributed by atoms with Gasteiger partial charge in [0, 0.05) is 6.04 Å². The van der Waals surface area contributed by atoms with Crippen molar-refractivity contribution < 1.29 is 0 Å². The summed E-state index contributed by atoms with van der Waals surface area (Å²) in [6, 6.07) is 11.6. The van der Waals surface area contributed by atoms with Crippen LogP contribution in [0.3, 0.4) is 0 Å². The van der Waals surface area contributed by atoms with E-state index in [2.05, 4.69) is 41.9 Å². The Morgan fingerprint density at radius 3 is 2.61 bits per heavy atom. The molecule has 2 heteroatoms. The highest BCUT2D eigenvalue weighted by atomic mass is 32.2. The molecule has 1 atom stereocenters. The molecule has 1 N–H and O–H groups in total. The van der Waals surface area contributed by atoms with Gasteiger partial charge in [-0.05, 0) is 55.7 Å². The van der Waals surface area contributed by atoms with Crippen LogP contribution in [0.5, 0.6) is 0 Å². The van der Waals surface area contributed by atoms with Crippen LogP contribution in [-0.4, -0.2) is 18.6 Å². The van der Waals surface area contributed by atoms with Gasteiger partial charge in [0.15, 0.2) is 0 Å². The van der Waals surface area contributed by atoms with Crippen molar-refractivity contribution in [2.24, 2.45) is 5.92 Å². The van der Waals surface area contributed by atoms with E-state index in [-0.39, 0.29) is 0 Å². The molecule has 18 heavy (non-hydrogen) atoms. The van der Waals surface area contributed by atoms with Crippen molar-refractivity contribution in [2.45, 2.75) is 38.1 Å². The summed E-state index contributed by atoms with van der Waals surface area (Å²) in [5, 5.41) is 3.77. The first kappa shape index (κ1) is 14.0. The number of hydrogen-bond donors (Lipinski definition) is 1. The summed E-state index contributed by atoms with van der Waals surface area (Å²) in [6.07, 6.45) is 9.04. The second-order valence-electron chi connectivity index (χ2n) is 5.23. The lowest BCUT2D eigenvalue weighted by Gasteiger charge is -2.18. The van der Waals surface area contributed by atoms with Gasteiger partial charge in [0.05, 0.1) is 0 Å². The maximum absolute atomic E-state index is 3.77. The molecule has 0 radical (unpaired) electrons. The average molecular weight is 263 g/mol. The fourth-order valence-electron chi connectivity index (χ4n) is 2.45. The third-order valence-electron chi connectivity index (χ3n) is 3.64. The fraction of sp³-hybridized carbons (Fsp3) is 0.625. The average Bonchev–Trinajstić information content (AvgIpc) is 3.23. The first-order valence-corrected chi connectivity index (χ1v) is 8.58. The van der Waals surface area contributed by atoms with E-state index in [4.69, 9.17) is 0 Å². The highest BCUT2D eigenvalue weighted by Gasteiger charge is 2.31. The Balaban J connectivity index is 1.71. The molecule has 1 aliphatic carbocycles. The van der Waals surface area contributed by atoms with Gasteiger partial charge in [-0.2, -0.15) is 11.8 Å². The van der Waals surface area contributed by atoms with Crippen molar-refractivity contribution in [2.75, 3.05) is 18.6 Å². The summed E-state index contributed by atoms with van der Waals surface area (Å²) in [5.41, 5.74) is 1.48. The van der Waals surface area contributed by atoms with Crippen LogP contribution in [0.15, 0.2) is 30.3 Å². The third kappa shape index (κ3) is 4.66. The largest absolute Gasteiger partial charge is 0.310 e. The Kier molecular flexibility index (Phi) is 6.09. The summed E-state index contributed by atoms with van der Waals surface area (Å²) in [5.74, 6) is 2.20. The number of rotatable bonds is 9.